The number of fused-ring (bicyclic) bond motifs is 1. The molecule has 0 aliphatic rings. The Labute approximate surface area is 172 Å². The molecule has 9 heteroatoms. The lowest BCUT2D eigenvalue weighted by Gasteiger charge is -2.09. The Kier molecular flexibility index (Phi) is 5.13. The number of nitrogens with one attached hydrogen (secondary N) is 1. The molecule has 0 unspecified atom stereocenters. The molecule has 0 aliphatic heterocycles. The molecule has 30 heavy (non-hydrogen) atoms. The highest BCUT2D eigenvalue weighted by Gasteiger charge is 2.20. The van der Waals surface area contributed by atoms with Crippen LogP contribution in [0.25, 0.3) is 16.9 Å². The minimum atomic E-state index is -0.351. The highest BCUT2D eigenvalue weighted by atomic mass is 16.5. The van der Waals surface area contributed by atoms with Gasteiger partial charge in [0.15, 0.2) is 5.65 Å². The van der Waals surface area contributed by atoms with Crippen LogP contribution < -0.4 is 10.1 Å². The minimum absolute atomic E-state index is 0.350. The Hall–Kier alpha value is -4.19. The van der Waals surface area contributed by atoms with E-state index in [4.69, 9.17) is 4.74 Å². The molecule has 0 spiro atoms. The molecule has 9 nitrogen and oxygen atoms in total. The van der Waals surface area contributed by atoms with Crippen molar-refractivity contribution in [3.63, 3.8) is 0 Å². The Morgan fingerprint density at radius 1 is 1.37 bits per heavy atom. The number of benzene rings is 1. The lowest BCUT2D eigenvalue weighted by molar-refractivity contribution is 0.102. The number of aromatic nitrogens is 5. The highest BCUT2D eigenvalue weighted by Crippen LogP contribution is 2.35. The maximum atomic E-state index is 13.0. The van der Waals surface area contributed by atoms with Crippen LogP contribution in [0.15, 0.2) is 49.1 Å². The van der Waals surface area contributed by atoms with Crippen molar-refractivity contribution in [2.24, 2.45) is 0 Å². The number of methoxy groups -OCH3 is 1. The van der Waals surface area contributed by atoms with Crippen molar-refractivity contribution in [3.8, 4) is 23.1 Å². The van der Waals surface area contributed by atoms with Crippen molar-refractivity contribution in [3.05, 3.63) is 60.2 Å². The predicted octanol–water partition coefficient (Wildman–Crippen LogP) is 3.14. The van der Waals surface area contributed by atoms with Crippen LogP contribution in [0.2, 0.25) is 0 Å². The van der Waals surface area contributed by atoms with E-state index in [2.05, 4.69) is 26.6 Å². The van der Waals surface area contributed by atoms with E-state index < -0.39 is 0 Å². The largest absolute Gasteiger partial charge is 0.496 e. The summed E-state index contributed by atoms with van der Waals surface area (Å²) in [6.07, 6.45) is 7.46. The number of nitrogens with zero attached hydrogens (tertiary/aromatic N) is 6. The number of aryl methyl sites for hydroxylation is 1. The summed E-state index contributed by atoms with van der Waals surface area (Å²) in [6, 6.07) is 8.95. The standard InChI is InChI=1S/C21H19N7O2/c1-3-8-27-13-17(19(26-27)15-10-14(11-22)5-6-18(15)30-2)25-21(29)16-12-24-28-9-4-7-23-20(16)28/h4-7,9-10,12-13H,3,8H2,1-2H3,(H,25,29). The van der Waals surface area contributed by atoms with E-state index in [1.807, 2.05) is 6.92 Å². The van der Waals surface area contributed by atoms with Crippen molar-refractivity contribution in [1.29, 1.82) is 5.26 Å². The second-order valence-electron chi connectivity index (χ2n) is 6.58. The first-order chi connectivity index (χ1) is 14.6. The van der Waals surface area contributed by atoms with Gasteiger partial charge in [0.05, 0.1) is 30.6 Å². The van der Waals surface area contributed by atoms with Crippen LogP contribution in [-0.2, 0) is 6.54 Å². The zero-order chi connectivity index (χ0) is 21.1. The molecular weight excluding hydrogens is 382 g/mol. The van der Waals surface area contributed by atoms with Gasteiger partial charge in [0.1, 0.15) is 17.0 Å². The maximum Gasteiger partial charge on any atom is 0.261 e. The van der Waals surface area contributed by atoms with E-state index in [1.165, 1.54) is 10.7 Å². The lowest BCUT2D eigenvalue weighted by atomic mass is 10.1. The van der Waals surface area contributed by atoms with Crippen LogP contribution in [0.3, 0.4) is 0 Å². The second-order valence-corrected chi connectivity index (χ2v) is 6.58. The Morgan fingerprint density at radius 3 is 3.00 bits per heavy atom. The van der Waals surface area contributed by atoms with Crippen LogP contribution in [0.1, 0.15) is 29.3 Å². The third-order valence-electron chi connectivity index (χ3n) is 4.57. The molecule has 0 atom stereocenters. The lowest BCUT2D eigenvalue weighted by Crippen LogP contribution is -2.12. The molecule has 1 aromatic carbocycles. The third-order valence-corrected chi connectivity index (χ3v) is 4.57. The monoisotopic (exact) mass is 401 g/mol. The second kappa shape index (κ2) is 8.05. The van der Waals surface area contributed by atoms with Gasteiger partial charge in [-0.05, 0) is 30.7 Å². The summed E-state index contributed by atoms with van der Waals surface area (Å²) in [7, 11) is 1.55. The van der Waals surface area contributed by atoms with Crippen molar-refractivity contribution in [2.75, 3.05) is 12.4 Å². The first-order valence-corrected chi connectivity index (χ1v) is 9.40. The topological polar surface area (TPSA) is 110 Å². The zero-order valence-corrected chi connectivity index (χ0v) is 16.5. The van der Waals surface area contributed by atoms with Gasteiger partial charge in [-0.2, -0.15) is 15.5 Å². The molecule has 3 heterocycles. The summed E-state index contributed by atoms with van der Waals surface area (Å²) in [5, 5.41) is 21.0. The summed E-state index contributed by atoms with van der Waals surface area (Å²) in [4.78, 5) is 17.2. The molecule has 0 fully saturated rings. The molecule has 4 rings (SSSR count). The fraction of sp³-hybridized carbons (Fsp3) is 0.190. The number of ether oxygens (including phenoxy) is 1. The summed E-state index contributed by atoms with van der Waals surface area (Å²) < 4.78 is 8.76. The number of nitriles is 1. The van der Waals surface area contributed by atoms with Gasteiger partial charge in [-0.25, -0.2) is 9.50 Å². The number of hydrogen-bond donors (Lipinski definition) is 1. The first kappa shape index (κ1) is 19.1. The fourth-order valence-corrected chi connectivity index (χ4v) is 3.20. The summed E-state index contributed by atoms with van der Waals surface area (Å²) >= 11 is 0. The number of rotatable bonds is 6. The normalized spacial score (nSPS) is 10.7. The highest BCUT2D eigenvalue weighted by molar-refractivity contribution is 6.09. The average Bonchev–Trinajstić information content (AvgIpc) is 3.37. The molecule has 1 amide bonds. The van der Waals surface area contributed by atoms with E-state index >= 15 is 0 Å². The van der Waals surface area contributed by atoms with Gasteiger partial charge in [-0.15, -0.1) is 0 Å². The van der Waals surface area contributed by atoms with E-state index in [1.54, 1.807) is 54.6 Å². The molecule has 150 valence electrons. The van der Waals surface area contributed by atoms with Crippen LogP contribution in [0, 0.1) is 11.3 Å². The van der Waals surface area contributed by atoms with Crippen molar-refractivity contribution < 1.29 is 9.53 Å². The van der Waals surface area contributed by atoms with Crippen molar-refractivity contribution >= 4 is 17.2 Å². The fourth-order valence-electron chi connectivity index (χ4n) is 3.20. The maximum absolute atomic E-state index is 13.0. The molecule has 0 aliphatic carbocycles. The number of carbonyl (C=O) groups is 1. The van der Waals surface area contributed by atoms with E-state index in [0.717, 1.165) is 6.42 Å². The van der Waals surface area contributed by atoms with Crippen molar-refractivity contribution in [1.82, 2.24) is 24.4 Å². The smallest absolute Gasteiger partial charge is 0.261 e. The quantitative estimate of drug-likeness (QED) is 0.531. The molecule has 0 saturated heterocycles. The van der Waals surface area contributed by atoms with Gasteiger partial charge in [0.25, 0.3) is 5.91 Å². The summed E-state index contributed by atoms with van der Waals surface area (Å²) in [6.45, 7) is 2.72. The van der Waals surface area contributed by atoms with Gasteiger partial charge in [0, 0.05) is 30.7 Å². The Balaban J connectivity index is 1.77. The summed E-state index contributed by atoms with van der Waals surface area (Å²) in [5.41, 5.74) is 2.94. The number of carbonyl (C=O) groups excluding carboxylic acids is 1. The van der Waals surface area contributed by atoms with Gasteiger partial charge >= 0.3 is 0 Å². The number of anilines is 1. The first-order valence-electron chi connectivity index (χ1n) is 9.40. The van der Waals surface area contributed by atoms with Crippen LogP contribution in [-0.4, -0.2) is 37.4 Å². The van der Waals surface area contributed by atoms with E-state index in [9.17, 15) is 10.1 Å². The molecular formula is C21H19N7O2. The Morgan fingerprint density at radius 2 is 2.23 bits per heavy atom. The molecule has 3 aromatic heterocycles. The summed E-state index contributed by atoms with van der Waals surface area (Å²) in [5.74, 6) is 0.209. The van der Waals surface area contributed by atoms with Crippen LogP contribution >= 0.6 is 0 Å². The number of amides is 1. The molecule has 0 saturated carbocycles. The van der Waals surface area contributed by atoms with E-state index in [0.29, 0.717) is 46.0 Å². The Bertz CT molecular complexity index is 1270. The molecule has 0 bridgehead atoms. The third kappa shape index (κ3) is 3.46. The molecule has 1 N–H and O–H groups in total. The molecule has 0 radical (unpaired) electrons. The van der Waals surface area contributed by atoms with Crippen LogP contribution in [0.4, 0.5) is 5.69 Å². The van der Waals surface area contributed by atoms with Crippen molar-refractivity contribution in [2.45, 2.75) is 19.9 Å². The SMILES string of the molecule is CCCn1cc(NC(=O)c2cnn3cccnc23)c(-c2cc(C#N)ccc2OC)n1. The van der Waals surface area contributed by atoms with Crippen LogP contribution in [0.5, 0.6) is 5.75 Å². The van der Waals surface area contributed by atoms with Gasteiger partial charge in [-0.1, -0.05) is 6.92 Å². The molecule has 4 aromatic rings. The minimum Gasteiger partial charge on any atom is -0.496 e. The number of hydrogen-bond acceptors (Lipinski definition) is 6. The zero-order valence-electron chi connectivity index (χ0n) is 16.5. The average molecular weight is 401 g/mol. The van der Waals surface area contributed by atoms with Gasteiger partial charge in [-0.3, -0.25) is 9.48 Å². The van der Waals surface area contributed by atoms with E-state index in [-0.39, 0.29) is 5.91 Å². The van der Waals surface area contributed by atoms with Gasteiger partial charge in [0.2, 0.25) is 0 Å². The van der Waals surface area contributed by atoms with Gasteiger partial charge < -0.3 is 10.1 Å². The predicted molar refractivity (Wildman–Crippen MR) is 110 cm³/mol.